The van der Waals surface area contributed by atoms with Crippen molar-refractivity contribution in [1.82, 2.24) is 5.32 Å². The topological polar surface area (TPSA) is 144 Å². The maximum absolute atomic E-state index is 13.5. The number of aryl methyl sites for hydroxylation is 1. The molecule has 4 rings (SSSR count). The van der Waals surface area contributed by atoms with E-state index in [-0.39, 0.29) is 35.1 Å². The van der Waals surface area contributed by atoms with Gasteiger partial charge in [0.15, 0.2) is 6.23 Å². The summed E-state index contributed by atoms with van der Waals surface area (Å²) in [6.45, 7) is 4.98. The molecular weight excluding hydrogens is 522 g/mol. The van der Waals surface area contributed by atoms with Gasteiger partial charge in [-0.1, -0.05) is 29.8 Å². The molecule has 3 aromatic rings. The molecule has 1 heterocycles. The second-order valence-corrected chi connectivity index (χ2v) is 10.4. The standard InChI is InChI=1S/C28H27N3O7S/c1-4-36-26(32)28(27(33)37-5-2)23-16-21(31-39(34,35)22-13-6-18(3)7-14-22)12-15-24(23)38-25(30-28)20-10-8-19(17-29)9-11-20/h6-16,25,30-31H,4-5H2,1-3H3. The van der Waals surface area contributed by atoms with Crippen molar-refractivity contribution < 1.29 is 32.2 Å². The maximum Gasteiger partial charge on any atom is 0.343 e. The lowest BCUT2D eigenvalue weighted by Gasteiger charge is -2.40. The Kier molecular flexibility index (Phi) is 7.90. The van der Waals surface area contributed by atoms with Gasteiger partial charge in [0.25, 0.3) is 10.0 Å². The van der Waals surface area contributed by atoms with E-state index in [1.54, 1.807) is 50.2 Å². The second kappa shape index (κ2) is 11.1. The van der Waals surface area contributed by atoms with E-state index >= 15 is 0 Å². The number of carbonyl (C=O) groups excluding carboxylic acids is 2. The molecule has 3 aromatic carbocycles. The molecule has 202 valence electrons. The number of benzene rings is 3. The Morgan fingerprint density at radius 3 is 2.18 bits per heavy atom. The number of hydrogen-bond donors (Lipinski definition) is 2. The molecule has 11 heteroatoms. The minimum absolute atomic E-state index is 0.0217. The highest BCUT2D eigenvalue weighted by atomic mass is 32.2. The fraction of sp³-hybridized carbons (Fsp3) is 0.250. The normalized spacial score (nSPS) is 15.7. The van der Waals surface area contributed by atoms with Crippen LogP contribution in [0.2, 0.25) is 0 Å². The maximum atomic E-state index is 13.5. The first-order valence-corrected chi connectivity index (χ1v) is 13.7. The smallest absolute Gasteiger partial charge is 0.343 e. The van der Waals surface area contributed by atoms with Crippen LogP contribution < -0.4 is 14.8 Å². The monoisotopic (exact) mass is 549 g/mol. The Morgan fingerprint density at radius 2 is 1.62 bits per heavy atom. The zero-order valence-electron chi connectivity index (χ0n) is 21.6. The predicted molar refractivity (Wildman–Crippen MR) is 141 cm³/mol. The number of rotatable bonds is 8. The largest absolute Gasteiger partial charge is 0.471 e. The van der Waals surface area contributed by atoms with E-state index in [0.29, 0.717) is 11.1 Å². The van der Waals surface area contributed by atoms with Gasteiger partial charge in [-0.05, 0) is 63.2 Å². The van der Waals surface area contributed by atoms with E-state index in [1.807, 2.05) is 13.0 Å². The van der Waals surface area contributed by atoms with Crippen LogP contribution in [0.15, 0.2) is 71.6 Å². The van der Waals surface area contributed by atoms with Crippen molar-refractivity contribution >= 4 is 27.6 Å². The molecule has 0 spiro atoms. The predicted octanol–water partition coefficient (Wildman–Crippen LogP) is 3.67. The number of fused-ring (bicyclic) bond motifs is 1. The third-order valence-electron chi connectivity index (χ3n) is 6.07. The molecule has 0 aromatic heterocycles. The average molecular weight is 550 g/mol. The molecule has 1 aliphatic heterocycles. The van der Waals surface area contributed by atoms with Crippen molar-refractivity contribution in [1.29, 1.82) is 5.26 Å². The van der Waals surface area contributed by atoms with Crippen LogP contribution in [-0.4, -0.2) is 33.6 Å². The first kappa shape index (κ1) is 27.6. The molecule has 1 atom stereocenters. The molecule has 0 radical (unpaired) electrons. The number of nitriles is 1. The van der Waals surface area contributed by atoms with E-state index in [4.69, 9.17) is 19.5 Å². The third kappa shape index (κ3) is 5.43. The van der Waals surface area contributed by atoms with E-state index < -0.39 is 33.7 Å². The molecule has 0 saturated heterocycles. The van der Waals surface area contributed by atoms with Crippen LogP contribution in [-0.2, 0) is 34.6 Å². The van der Waals surface area contributed by atoms with Gasteiger partial charge in [0.05, 0.1) is 29.7 Å². The fourth-order valence-corrected chi connectivity index (χ4v) is 5.18. The Morgan fingerprint density at radius 1 is 1.00 bits per heavy atom. The lowest BCUT2D eigenvalue weighted by atomic mass is 9.86. The first-order chi connectivity index (χ1) is 18.6. The summed E-state index contributed by atoms with van der Waals surface area (Å²) in [6.07, 6.45) is -1.01. The van der Waals surface area contributed by atoms with Gasteiger partial charge in [-0.3, -0.25) is 4.72 Å². The summed E-state index contributed by atoms with van der Waals surface area (Å²) < 4.78 is 45.3. The molecule has 2 N–H and O–H groups in total. The van der Waals surface area contributed by atoms with Gasteiger partial charge in [0.2, 0.25) is 5.54 Å². The van der Waals surface area contributed by atoms with Gasteiger partial charge in [-0.2, -0.15) is 5.26 Å². The van der Waals surface area contributed by atoms with E-state index in [1.165, 1.54) is 30.3 Å². The third-order valence-corrected chi connectivity index (χ3v) is 7.46. The van der Waals surface area contributed by atoms with Crippen LogP contribution in [0.1, 0.15) is 42.3 Å². The van der Waals surface area contributed by atoms with Crippen molar-refractivity contribution in [3.05, 3.63) is 89.0 Å². The van der Waals surface area contributed by atoms with E-state index in [2.05, 4.69) is 10.0 Å². The highest BCUT2D eigenvalue weighted by molar-refractivity contribution is 7.92. The van der Waals surface area contributed by atoms with Crippen molar-refractivity contribution in [2.75, 3.05) is 17.9 Å². The van der Waals surface area contributed by atoms with E-state index in [9.17, 15) is 18.0 Å². The Balaban J connectivity index is 1.83. The second-order valence-electron chi connectivity index (χ2n) is 8.70. The number of hydrogen-bond acceptors (Lipinski definition) is 9. The molecule has 0 bridgehead atoms. The number of ether oxygens (including phenoxy) is 3. The molecule has 0 aliphatic carbocycles. The summed E-state index contributed by atoms with van der Waals surface area (Å²) >= 11 is 0. The minimum Gasteiger partial charge on any atom is -0.471 e. The molecule has 1 aliphatic rings. The molecule has 0 fully saturated rings. The minimum atomic E-state index is -3.99. The molecule has 1 unspecified atom stereocenters. The zero-order valence-corrected chi connectivity index (χ0v) is 22.4. The quantitative estimate of drug-likeness (QED) is 0.318. The van der Waals surface area contributed by atoms with Crippen LogP contribution in [0.25, 0.3) is 0 Å². The van der Waals surface area contributed by atoms with Crippen LogP contribution in [0, 0.1) is 18.3 Å². The fourth-order valence-electron chi connectivity index (χ4n) is 4.14. The molecule has 0 saturated carbocycles. The molecule has 39 heavy (non-hydrogen) atoms. The number of nitrogens with one attached hydrogen (secondary N) is 2. The highest BCUT2D eigenvalue weighted by Crippen LogP contribution is 2.42. The van der Waals surface area contributed by atoms with Gasteiger partial charge in [-0.25, -0.2) is 23.3 Å². The lowest BCUT2D eigenvalue weighted by Crippen LogP contribution is -2.60. The average Bonchev–Trinajstić information content (AvgIpc) is 2.92. The van der Waals surface area contributed by atoms with Gasteiger partial charge in [0.1, 0.15) is 5.75 Å². The van der Waals surface area contributed by atoms with Crippen LogP contribution >= 0.6 is 0 Å². The Bertz CT molecular complexity index is 1510. The molecule has 10 nitrogen and oxygen atoms in total. The SMILES string of the molecule is CCOC(=O)C1(C(=O)OCC)NC(c2ccc(C#N)cc2)Oc2ccc(NS(=O)(=O)c3ccc(C)cc3)cc21. The summed E-state index contributed by atoms with van der Waals surface area (Å²) in [5.74, 6) is -1.74. The number of sulfonamides is 1. The lowest BCUT2D eigenvalue weighted by molar-refractivity contribution is -0.170. The van der Waals surface area contributed by atoms with Gasteiger partial charge in [-0.15, -0.1) is 0 Å². The summed E-state index contributed by atoms with van der Waals surface area (Å²) in [4.78, 5) is 27.1. The van der Waals surface area contributed by atoms with Crippen LogP contribution in [0.3, 0.4) is 0 Å². The van der Waals surface area contributed by atoms with Crippen molar-refractivity contribution in [3.63, 3.8) is 0 Å². The van der Waals surface area contributed by atoms with Crippen molar-refractivity contribution in [2.45, 2.75) is 37.4 Å². The first-order valence-electron chi connectivity index (χ1n) is 12.2. The summed E-state index contributed by atoms with van der Waals surface area (Å²) in [5.41, 5.74) is -0.215. The Labute approximate surface area is 226 Å². The van der Waals surface area contributed by atoms with Crippen LogP contribution in [0.4, 0.5) is 5.69 Å². The van der Waals surface area contributed by atoms with Crippen molar-refractivity contribution in [3.8, 4) is 11.8 Å². The van der Waals surface area contributed by atoms with Gasteiger partial charge < -0.3 is 14.2 Å². The van der Waals surface area contributed by atoms with Crippen LogP contribution in [0.5, 0.6) is 5.75 Å². The Hall–Kier alpha value is -4.40. The summed E-state index contributed by atoms with van der Waals surface area (Å²) in [7, 11) is -3.99. The van der Waals surface area contributed by atoms with Gasteiger partial charge >= 0.3 is 11.9 Å². The number of nitrogens with zero attached hydrogens (tertiary/aromatic N) is 1. The van der Waals surface area contributed by atoms with E-state index in [0.717, 1.165) is 5.56 Å². The molecule has 0 amide bonds. The highest BCUT2D eigenvalue weighted by Gasteiger charge is 2.56. The summed E-state index contributed by atoms with van der Waals surface area (Å²) in [6, 6.07) is 19.0. The van der Waals surface area contributed by atoms with Gasteiger partial charge in [0, 0.05) is 16.8 Å². The van der Waals surface area contributed by atoms with Crippen molar-refractivity contribution in [2.24, 2.45) is 0 Å². The number of anilines is 1. The zero-order chi connectivity index (χ0) is 28.2. The molecular formula is C28H27N3O7S. The summed E-state index contributed by atoms with van der Waals surface area (Å²) in [5, 5.41) is 12.1. The number of esters is 2. The number of carbonyl (C=O) groups is 2.